The van der Waals surface area contributed by atoms with Gasteiger partial charge in [-0.05, 0) is 6.92 Å². The van der Waals surface area contributed by atoms with Crippen molar-refractivity contribution in [3.8, 4) is 0 Å². The summed E-state index contributed by atoms with van der Waals surface area (Å²) in [6.45, 7) is -0.560. The molecular weight excluding hydrogens is 456 g/mol. The van der Waals surface area contributed by atoms with E-state index < -0.39 is 105 Å². The number of aliphatic hydroxyl groups is 11. The lowest BCUT2D eigenvalue weighted by atomic mass is 9.83. The molecule has 0 bridgehead atoms. The number of hydrogen-bond donors (Lipinski definition) is 11. The van der Waals surface area contributed by atoms with Gasteiger partial charge in [-0.25, -0.2) is 0 Å². The lowest BCUT2D eigenvalue weighted by molar-refractivity contribution is -0.419. The van der Waals surface area contributed by atoms with Crippen LogP contribution in [0, 0.1) is 0 Å². The molecule has 0 spiro atoms. The molecule has 3 saturated heterocycles. The highest BCUT2D eigenvalue weighted by molar-refractivity contribution is 5.06. The van der Waals surface area contributed by atoms with E-state index in [1.54, 1.807) is 0 Å². The molecule has 0 radical (unpaired) electrons. The highest BCUT2D eigenvalue weighted by atomic mass is 16.7. The van der Waals surface area contributed by atoms with Crippen LogP contribution >= 0.6 is 0 Å². The van der Waals surface area contributed by atoms with Crippen molar-refractivity contribution in [2.75, 3.05) is 13.2 Å². The Balaban J connectivity index is 1.85. The topological polar surface area (TPSA) is 259 Å². The van der Waals surface area contributed by atoms with Gasteiger partial charge in [0.05, 0.1) is 20.7 Å². The zero-order valence-corrected chi connectivity index (χ0v) is 17.5. The van der Waals surface area contributed by atoms with E-state index in [0.717, 1.165) is 0 Å². The molecule has 0 aromatic heterocycles. The van der Waals surface area contributed by atoms with Crippen molar-refractivity contribution in [2.24, 2.45) is 0 Å². The number of rotatable bonds is 5. The molecule has 3 fully saturated rings. The second-order valence-corrected chi connectivity index (χ2v) is 8.41. The monoisotopic (exact) mass is 489 g/mol. The minimum absolute atomic E-state index is 0.854. The van der Waals surface area contributed by atoms with Gasteiger partial charge in [0.15, 0.2) is 6.29 Å². The van der Waals surface area contributed by atoms with Crippen LogP contribution in [0.25, 0.3) is 0 Å². The maximum atomic E-state index is 11.0. The van der Waals surface area contributed by atoms with Gasteiger partial charge in [-0.1, -0.05) is 0 Å². The summed E-state index contributed by atoms with van der Waals surface area (Å²) in [5, 5.41) is 112. The van der Waals surface area contributed by atoms with Crippen molar-refractivity contribution in [1.29, 1.82) is 0 Å². The standard InChI is InChI=1S/C18H32O15/c1-4-7(21)9(23)11(25)16(30-4)18(29)15(28)13(27)14(6(3-20)33-18)32-17-12(26)10(24)8(22)5(2-19)31-17/h4-17,19-29H,2-3H2,1H3/t4-,5+,6+,7+,8-,9+,10-,11-,12+,13-,14+,15+,16?,17-,18?/m0/s1/i12D. The maximum Gasteiger partial charge on any atom is 0.225 e. The van der Waals surface area contributed by atoms with E-state index in [-0.39, 0.29) is 0 Å². The van der Waals surface area contributed by atoms with E-state index in [2.05, 4.69) is 0 Å². The molecule has 0 aliphatic carbocycles. The van der Waals surface area contributed by atoms with E-state index in [1.807, 2.05) is 0 Å². The van der Waals surface area contributed by atoms with Gasteiger partial charge < -0.3 is 75.1 Å². The quantitative estimate of drug-likeness (QED) is 0.171. The Hall–Kier alpha value is -0.600. The highest BCUT2D eigenvalue weighted by Gasteiger charge is 2.63. The molecule has 15 nitrogen and oxygen atoms in total. The van der Waals surface area contributed by atoms with Crippen molar-refractivity contribution in [3.63, 3.8) is 0 Å². The Morgan fingerprint density at radius 1 is 0.788 bits per heavy atom. The summed E-state index contributed by atoms with van der Waals surface area (Å²) in [5.41, 5.74) is 0. The molecule has 194 valence electrons. The maximum absolute atomic E-state index is 11.0. The first-order chi connectivity index (χ1) is 15.7. The first-order valence-electron chi connectivity index (χ1n) is 10.8. The molecule has 33 heavy (non-hydrogen) atoms. The fourth-order valence-corrected chi connectivity index (χ4v) is 4.18. The summed E-state index contributed by atoms with van der Waals surface area (Å²) in [4.78, 5) is 0. The lowest BCUT2D eigenvalue weighted by Gasteiger charge is -2.53. The SMILES string of the molecule is [2H][C@]1(O)[C@H](O[C@H]2[C@H](O)[C@@H](O)C(O)(C3O[C@@H](C)[C@@H](O)[C@@H](O)[C@@H]3O)O[C@@H]2CO)O[C@H](CO)[C@H](O)[C@@H]1O. The van der Waals surface area contributed by atoms with Crippen molar-refractivity contribution in [1.82, 2.24) is 0 Å². The van der Waals surface area contributed by atoms with Crippen LogP contribution in [-0.4, -0.2) is 161 Å². The van der Waals surface area contributed by atoms with Crippen LogP contribution < -0.4 is 0 Å². The molecule has 0 aromatic carbocycles. The summed E-state index contributed by atoms with van der Waals surface area (Å²) >= 11 is 0. The predicted molar refractivity (Wildman–Crippen MR) is 99.9 cm³/mol. The van der Waals surface area contributed by atoms with Gasteiger partial charge in [0.2, 0.25) is 5.79 Å². The number of ether oxygens (including phenoxy) is 4. The molecular formula is C18H32O15. The van der Waals surface area contributed by atoms with Crippen LogP contribution in [0.3, 0.4) is 0 Å². The third-order valence-corrected chi connectivity index (χ3v) is 6.24. The van der Waals surface area contributed by atoms with E-state index in [1.165, 1.54) is 6.92 Å². The second kappa shape index (κ2) is 10.2. The van der Waals surface area contributed by atoms with Crippen molar-refractivity contribution in [3.05, 3.63) is 0 Å². The largest absolute Gasteiger partial charge is 0.394 e. The normalized spacial score (nSPS) is 58.7. The highest BCUT2D eigenvalue weighted by Crippen LogP contribution is 2.39. The van der Waals surface area contributed by atoms with Gasteiger partial charge in [0.1, 0.15) is 73.2 Å². The van der Waals surface area contributed by atoms with Crippen LogP contribution in [-0.2, 0) is 18.9 Å². The summed E-state index contributed by atoms with van der Waals surface area (Å²) in [6.07, 6.45) is -27.3. The zero-order chi connectivity index (χ0) is 25.7. The Morgan fingerprint density at radius 2 is 1.39 bits per heavy atom. The minimum Gasteiger partial charge on any atom is -0.394 e. The molecule has 3 aliphatic heterocycles. The number of hydrogen-bond acceptors (Lipinski definition) is 15. The van der Waals surface area contributed by atoms with E-state index in [9.17, 15) is 56.2 Å². The molecule has 3 heterocycles. The average Bonchev–Trinajstić information content (AvgIpc) is 2.80. The fraction of sp³-hybridized carbons (Fsp3) is 1.00. The third kappa shape index (κ3) is 4.65. The van der Waals surface area contributed by atoms with Crippen LogP contribution in [0.5, 0.6) is 0 Å². The molecule has 0 saturated carbocycles. The minimum atomic E-state index is -3.04. The van der Waals surface area contributed by atoms with Crippen LogP contribution in [0.2, 0.25) is 0 Å². The Labute approximate surface area is 189 Å². The van der Waals surface area contributed by atoms with Crippen LogP contribution in [0.4, 0.5) is 0 Å². The van der Waals surface area contributed by atoms with E-state index in [4.69, 9.17) is 20.3 Å². The van der Waals surface area contributed by atoms with Gasteiger partial charge in [0, 0.05) is 0 Å². The van der Waals surface area contributed by atoms with Crippen LogP contribution in [0.1, 0.15) is 8.29 Å². The average molecular weight is 489 g/mol. The van der Waals surface area contributed by atoms with Crippen molar-refractivity contribution < 1.29 is 76.5 Å². The first kappa shape index (κ1) is 25.5. The van der Waals surface area contributed by atoms with E-state index in [0.29, 0.717) is 0 Å². The Kier molecular flexibility index (Phi) is 7.86. The van der Waals surface area contributed by atoms with Gasteiger partial charge in [-0.3, -0.25) is 0 Å². The van der Waals surface area contributed by atoms with Gasteiger partial charge in [0.25, 0.3) is 0 Å². The second-order valence-electron chi connectivity index (χ2n) is 8.41. The number of aliphatic hydroxyl groups excluding tert-OH is 9. The predicted octanol–water partition coefficient (Wildman–Crippen LogP) is -7.16. The smallest absolute Gasteiger partial charge is 0.225 e. The molecule has 0 aromatic rings. The molecule has 15 heteroatoms. The first-order valence-corrected chi connectivity index (χ1v) is 10.3. The zero-order valence-electron chi connectivity index (χ0n) is 18.5. The Bertz CT molecular complexity index is 698. The van der Waals surface area contributed by atoms with Crippen molar-refractivity contribution in [2.45, 2.75) is 98.3 Å². The third-order valence-electron chi connectivity index (χ3n) is 6.24. The van der Waals surface area contributed by atoms with E-state index >= 15 is 0 Å². The molecule has 11 N–H and O–H groups in total. The summed E-state index contributed by atoms with van der Waals surface area (Å²) in [6, 6.07) is 0. The molecule has 3 rings (SSSR count). The molecule has 15 atom stereocenters. The molecule has 2 unspecified atom stereocenters. The van der Waals surface area contributed by atoms with Crippen LogP contribution in [0.15, 0.2) is 0 Å². The summed E-state index contributed by atoms with van der Waals surface area (Å²) in [7, 11) is 0. The Morgan fingerprint density at radius 3 is 1.97 bits per heavy atom. The van der Waals surface area contributed by atoms with Gasteiger partial charge in [-0.2, -0.15) is 0 Å². The molecule has 0 amide bonds. The van der Waals surface area contributed by atoms with Crippen molar-refractivity contribution >= 4 is 0 Å². The van der Waals surface area contributed by atoms with Gasteiger partial charge >= 0.3 is 0 Å². The summed E-state index contributed by atoms with van der Waals surface area (Å²) < 4.78 is 28.9. The fourth-order valence-electron chi connectivity index (χ4n) is 4.18. The van der Waals surface area contributed by atoms with Gasteiger partial charge in [-0.15, -0.1) is 0 Å². The lowest BCUT2D eigenvalue weighted by Crippen LogP contribution is -2.75. The molecule has 3 aliphatic rings. The summed E-state index contributed by atoms with van der Waals surface area (Å²) in [5.74, 6) is -2.95.